The summed E-state index contributed by atoms with van der Waals surface area (Å²) in [5, 5.41) is 5.09. The maximum Gasteiger partial charge on any atom is 0.238 e. The van der Waals surface area contributed by atoms with Gasteiger partial charge in [-0.15, -0.1) is 0 Å². The number of anilines is 1. The van der Waals surface area contributed by atoms with Crippen molar-refractivity contribution in [1.29, 1.82) is 0 Å². The number of likely N-dealkylation sites (N-methyl/N-ethyl adjacent to an activating group) is 1. The van der Waals surface area contributed by atoms with Crippen LogP contribution in [0, 0.1) is 0 Å². The van der Waals surface area contributed by atoms with Gasteiger partial charge < -0.3 is 14.4 Å². The fourth-order valence-corrected chi connectivity index (χ4v) is 3.14. The molecular formula is C21H22N2O4S. The van der Waals surface area contributed by atoms with Gasteiger partial charge in [-0.1, -0.05) is 30.3 Å². The predicted molar refractivity (Wildman–Crippen MR) is 110 cm³/mol. The molecule has 0 saturated carbocycles. The number of rotatable bonds is 8. The van der Waals surface area contributed by atoms with Crippen LogP contribution in [0.5, 0.6) is 17.2 Å². The monoisotopic (exact) mass is 398 g/mol. The zero-order valence-electron chi connectivity index (χ0n) is 15.5. The van der Waals surface area contributed by atoms with Crippen LogP contribution in [0.3, 0.4) is 0 Å². The molecule has 2 N–H and O–H groups in total. The third kappa shape index (κ3) is 5.25. The first-order chi connectivity index (χ1) is 13.4. The first kappa shape index (κ1) is 19.7. The summed E-state index contributed by atoms with van der Waals surface area (Å²) < 4.78 is 34.3. The van der Waals surface area contributed by atoms with E-state index >= 15 is 0 Å². The number of nitrogens with zero attached hydrogens (tertiary/aromatic N) is 1. The van der Waals surface area contributed by atoms with Gasteiger partial charge in [-0.2, -0.15) is 0 Å². The van der Waals surface area contributed by atoms with Crippen LogP contribution in [0.15, 0.2) is 83.8 Å². The molecule has 146 valence electrons. The third-order valence-electron chi connectivity index (χ3n) is 4.10. The highest BCUT2D eigenvalue weighted by atomic mass is 32.2. The molecule has 7 heteroatoms. The van der Waals surface area contributed by atoms with Crippen molar-refractivity contribution in [3.8, 4) is 17.2 Å². The lowest BCUT2D eigenvalue weighted by atomic mass is 10.2. The van der Waals surface area contributed by atoms with Crippen LogP contribution in [0.4, 0.5) is 5.69 Å². The molecule has 0 spiro atoms. The molecular weight excluding hydrogens is 376 g/mol. The molecule has 28 heavy (non-hydrogen) atoms. The number of hydrogen-bond acceptors (Lipinski definition) is 5. The summed E-state index contributed by atoms with van der Waals surface area (Å²) in [5.74, 6) is 2.11. The summed E-state index contributed by atoms with van der Waals surface area (Å²) in [7, 11) is -1.74. The van der Waals surface area contributed by atoms with Crippen molar-refractivity contribution in [1.82, 2.24) is 0 Å². The van der Waals surface area contributed by atoms with Crippen molar-refractivity contribution in [3.63, 3.8) is 0 Å². The molecule has 0 saturated heterocycles. The fraction of sp³-hybridized carbons (Fsp3) is 0.143. The second kappa shape index (κ2) is 8.77. The average Bonchev–Trinajstić information content (AvgIpc) is 2.69. The van der Waals surface area contributed by atoms with Gasteiger partial charge in [0.15, 0.2) is 5.75 Å². The zero-order valence-corrected chi connectivity index (χ0v) is 16.3. The van der Waals surface area contributed by atoms with E-state index in [1.54, 1.807) is 12.1 Å². The summed E-state index contributed by atoms with van der Waals surface area (Å²) in [4.78, 5) is 2.10. The number of ether oxygens (including phenoxy) is 2. The maximum absolute atomic E-state index is 11.3. The molecule has 0 fully saturated rings. The molecule has 3 aromatic rings. The van der Waals surface area contributed by atoms with Gasteiger partial charge in [-0.3, -0.25) is 0 Å². The molecule has 0 aromatic heterocycles. The van der Waals surface area contributed by atoms with E-state index in [4.69, 9.17) is 14.6 Å². The number of para-hydroxylation sites is 3. The summed E-state index contributed by atoms with van der Waals surface area (Å²) in [6, 6.07) is 23.4. The molecule has 0 unspecified atom stereocenters. The smallest absolute Gasteiger partial charge is 0.238 e. The van der Waals surface area contributed by atoms with E-state index in [1.807, 2.05) is 66.5 Å². The summed E-state index contributed by atoms with van der Waals surface area (Å²) in [6.45, 7) is 1.04. The van der Waals surface area contributed by atoms with Crippen molar-refractivity contribution >= 4 is 15.7 Å². The van der Waals surface area contributed by atoms with Crippen LogP contribution in [0.25, 0.3) is 0 Å². The van der Waals surface area contributed by atoms with Crippen LogP contribution < -0.4 is 19.5 Å². The molecule has 0 heterocycles. The first-order valence-corrected chi connectivity index (χ1v) is 10.3. The van der Waals surface area contributed by atoms with Gasteiger partial charge in [0.05, 0.1) is 17.1 Å². The van der Waals surface area contributed by atoms with Gasteiger partial charge in [0.25, 0.3) is 0 Å². The van der Waals surface area contributed by atoms with Crippen LogP contribution in [0.1, 0.15) is 0 Å². The standard InChI is InChI=1S/C21H22N2O4S/c1-23(15-16-26-17-11-13-19(14-12-17)28(22,24)25)20-9-5-6-10-21(20)27-18-7-3-2-4-8-18/h2-14H,15-16H2,1H3,(H2,22,24,25). The van der Waals surface area contributed by atoms with Gasteiger partial charge >= 0.3 is 0 Å². The number of primary sulfonamides is 1. The Morgan fingerprint density at radius 3 is 2.18 bits per heavy atom. The minimum absolute atomic E-state index is 0.0592. The van der Waals surface area contributed by atoms with Crippen molar-refractivity contribution < 1.29 is 17.9 Å². The molecule has 3 aromatic carbocycles. The third-order valence-corrected chi connectivity index (χ3v) is 5.02. The molecule has 0 aliphatic carbocycles. The topological polar surface area (TPSA) is 81.9 Å². The van der Waals surface area contributed by atoms with Crippen LogP contribution in [-0.4, -0.2) is 28.6 Å². The van der Waals surface area contributed by atoms with Gasteiger partial charge in [0.2, 0.25) is 10.0 Å². The Bertz CT molecular complexity index is 1010. The first-order valence-electron chi connectivity index (χ1n) is 8.72. The second-order valence-corrected chi connectivity index (χ2v) is 7.73. The quantitative estimate of drug-likeness (QED) is 0.626. The lowest BCUT2D eigenvalue weighted by Gasteiger charge is -2.22. The zero-order chi connectivity index (χ0) is 20.0. The van der Waals surface area contributed by atoms with Crippen LogP contribution in [0.2, 0.25) is 0 Å². The van der Waals surface area contributed by atoms with E-state index in [2.05, 4.69) is 0 Å². The molecule has 3 rings (SSSR count). The summed E-state index contributed by atoms with van der Waals surface area (Å²) in [5.41, 5.74) is 0.944. The van der Waals surface area contributed by atoms with E-state index in [-0.39, 0.29) is 4.90 Å². The lowest BCUT2D eigenvalue weighted by Crippen LogP contribution is -2.24. The number of benzene rings is 3. The van der Waals surface area contributed by atoms with Gasteiger partial charge in [-0.25, -0.2) is 13.6 Å². The molecule has 0 amide bonds. The van der Waals surface area contributed by atoms with Gasteiger partial charge in [0.1, 0.15) is 18.1 Å². The highest BCUT2D eigenvalue weighted by molar-refractivity contribution is 7.89. The Morgan fingerprint density at radius 1 is 0.857 bits per heavy atom. The Kier molecular flexibility index (Phi) is 6.18. The van der Waals surface area contributed by atoms with Crippen LogP contribution >= 0.6 is 0 Å². The van der Waals surface area contributed by atoms with Crippen molar-refractivity contribution in [2.24, 2.45) is 5.14 Å². The number of hydrogen-bond donors (Lipinski definition) is 1. The van der Waals surface area contributed by atoms with E-state index in [1.165, 1.54) is 12.1 Å². The lowest BCUT2D eigenvalue weighted by molar-refractivity contribution is 0.325. The van der Waals surface area contributed by atoms with Crippen molar-refractivity contribution in [2.45, 2.75) is 4.90 Å². The molecule has 0 aliphatic heterocycles. The number of nitrogens with two attached hydrogens (primary N) is 1. The highest BCUT2D eigenvalue weighted by Gasteiger charge is 2.10. The van der Waals surface area contributed by atoms with Gasteiger partial charge in [0, 0.05) is 7.05 Å². The normalized spacial score (nSPS) is 11.1. The van der Waals surface area contributed by atoms with E-state index in [0.29, 0.717) is 18.9 Å². The Labute approximate surface area is 165 Å². The minimum Gasteiger partial charge on any atom is -0.492 e. The predicted octanol–water partition coefficient (Wildman–Crippen LogP) is 3.64. The molecule has 0 radical (unpaired) electrons. The molecule has 6 nitrogen and oxygen atoms in total. The van der Waals surface area contributed by atoms with E-state index < -0.39 is 10.0 Å². The molecule has 0 bridgehead atoms. The molecule has 0 aliphatic rings. The summed E-state index contributed by atoms with van der Waals surface area (Å²) >= 11 is 0. The molecule has 0 atom stereocenters. The maximum atomic E-state index is 11.3. The fourth-order valence-electron chi connectivity index (χ4n) is 2.62. The van der Waals surface area contributed by atoms with E-state index in [0.717, 1.165) is 17.2 Å². The minimum atomic E-state index is -3.70. The highest BCUT2D eigenvalue weighted by Crippen LogP contribution is 2.31. The Balaban J connectivity index is 1.60. The Morgan fingerprint density at radius 2 is 1.50 bits per heavy atom. The Hall–Kier alpha value is -3.03. The van der Waals surface area contributed by atoms with Crippen LogP contribution in [-0.2, 0) is 10.0 Å². The van der Waals surface area contributed by atoms with Gasteiger partial charge in [-0.05, 0) is 48.5 Å². The SMILES string of the molecule is CN(CCOc1ccc(S(N)(=O)=O)cc1)c1ccccc1Oc1ccccc1. The number of sulfonamides is 1. The summed E-state index contributed by atoms with van der Waals surface area (Å²) in [6.07, 6.45) is 0. The van der Waals surface area contributed by atoms with Crippen molar-refractivity contribution in [2.75, 3.05) is 25.1 Å². The second-order valence-electron chi connectivity index (χ2n) is 6.17. The van der Waals surface area contributed by atoms with E-state index in [9.17, 15) is 8.42 Å². The average molecular weight is 398 g/mol. The largest absolute Gasteiger partial charge is 0.492 e. The van der Waals surface area contributed by atoms with Crippen molar-refractivity contribution in [3.05, 3.63) is 78.9 Å².